The van der Waals surface area contributed by atoms with E-state index < -0.39 is 107 Å². The molecule has 0 radical (unpaired) electrons. The van der Waals surface area contributed by atoms with Gasteiger partial charge in [-0.3, -0.25) is 13.6 Å². The van der Waals surface area contributed by atoms with E-state index in [1.807, 2.05) is 0 Å². The van der Waals surface area contributed by atoms with Crippen LogP contribution in [0.15, 0.2) is 12.7 Å². The van der Waals surface area contributed by atoms with Gasteiger partial charge in [-0.1, -0.05) is 0 Å². The number of nitrogen functional groups attached to an aromatic ring is 1. The third-order valence-electron chi connectivity index (χ3n) is 7.50. The highest BCUT2D eigenvalue weighted by Crippen LogP contribution is 2.45. The highest BCUT2D eigenvalue weighted by Gasteiger charge is 2.51. The molecule has 2 aromatic rings. The van der Waals surface area contributed by atoms with Crippen LogP contribution < -0.4 is 5.73 Å². The summed E-state index contributed by atoms with van der Waals surface area (Å²) < 4.78 is 45.8. The molecule has 2 aromatic heterocycles. The second-order valence-electron chi connectivity index (χ2n) is 10.4. The second-order valence-corrected chi connectivity index (χ2v) is 11.9. The summed E-state index contributed by atoms with van der Waals surface area (Å²) in [7, 11) is -4.93. The third kappa shape index (κ3) is 6.73. The molecule has 248 valence electrons. The van der Waals surface area contributed by atoms with Gasteiger partial charge in [0.2, 0.25) is 0 Å². The maximum Gasteiger partial charge on any atom is 0.472 e. The molecule has 0 aromatic carbocycles. The molecule has 5 rings (SSSR count). The quantitative estimate of drug-likeness (QED) is 0.107. The lowest BCUT2D eigenvalue weighted by Crippen LogP contribution is -2.64. The van der Waals surface area contributed by atoms with E-state index in [1.165, 1.54) is 17.2 Å². The number of rotatable bonds is 10. The van der Waals surface area contributed by atoms with Gasteiger partial charge in [0.05, 0.1) is 32.3 Å². The number of hydrogen-bond donors (Lipinski definition) is 10. The molecular formula is C22H34N5O16P. The van der Waals surface area contributed by atoms with Gasteiger partial charge in [0.25, 0.3) is 0 Å². The lowest BCUT2D eigenvalue weighted by Gasteiger charge is -2.45. The predicted molar refractivity (Wildman–Crippen MR) is 138 cm³/mol. The zero-order chi connectivity index (χ0) is 31.9. The number of imidazole rings is 1. The Bertz CT molecular complexity index is 1320. The average Bonchev–Trinajstić information content (AvgIpc) is 3.59. The van der Waals surface area contributed by atoms with Crippen molar-refractivity contribution in [3.63, 3.8) is 0 Å². The van der Waals surface area contributed by atoms with Crippen LogP contribution in [0.1, 0.15) is 12.6 Å². The van der Waals surface area contributed by atoms with E-state index in [2.05, 4.69) is 15.0 Å². The number of nitrogens with zero attached hydrogens (tertiary/aromatic N) is 4. The lowest BCUT2D eigenvalue weighted by molar-refractivity contribution is -0.354. The minimum atomic E-state index is -4.93. The monoisotopic (exact) mass is 655 g/mol. The van der Waals surface area contributed by atoms with Crippen LogP contribution in [0.2, 0.25) is 0 Å². The van der Waals surface area contributed by atoms with Gasteiger partial charge in [0.1, 0.15) is 73.0 Å². The van der Waals surface area contributed by atoms with Gasteiger partial charge < -0.3 is 70.4 Å². The highest BCUT2D eigenvalue weighted by molar-refractivity contribution is 7.47. The highest BCUT2D eigenvalue weighted by atomic mass is 31.2. The average molecular weight is 656 g/mol. The van der Waals surface area contributed by atoms with Crippen molar-refractivity contribution in [3.8, 4) is 0 Å². The Morgan fingerprint density at radius 2 is 1.59 bits per heavy atom. The maximum atomic E-state index is 12.7. The molecule has 44 heavy (non-hydrogen) atoms. The van der Waals surface area contributed by atoms with Gasteiger partial charge in [0.15, 0.2) is 24.0 Å². The molecule has 3 saturated heterocycles. The number of hydrogen-bond acceptors (Lipinski definition) is 19. The van der Waals surface area contributed by atoms with Crippen LogP contribution in [-0.2, 0) is 32.6 Å². The molecule has 0 bridgehead atoms. The number of ether oxygens (including phenoxy) is 4. The van der Waals surface area contributed by atoms with Crippen molar-refractivity contribution in [2.75, 3.05) is 25.6 Å². The number of aliphatic hydroxyl groups is 8. The lowest BCUT2D eigenvalue weighted by atomic mass is 9.97. The van der Waals surface area contributed by atoms with Crippen molar-refractivity contribution in [2.45, 2.75) is 86.3 Å². The summed E-state index contributed by atoms with van der Waals surface area (Å²) in [6.45, 7) is -2.29. The van der Waals surface area contributed by atoms with Crippen LogP contribution >= 0.6 is 7.82 Å². The summed E-state index contributed by atoms with van der Waals surface area (Å²) >= 11 is 0. The molecule has 3 fully saturated rings. The molecule has 3 aliphatic heterocycles. The maximum absolute atomic E-state index is 12.7. The Kier molecular flexibility index (Phi) is 10.1. The molecular weight excluding hydrogens is 621 g/mol. The first-order valence-electron chi connectivity index (χ1n) is 13.3. The smallest absolute Gasteiger partial charge is 0.394 e. The second kappa shape index (κ2) is 13.4. The number of aromatic nitrogens is 4. The molecule has 0 amide bonds. The molecule has 0 saturated carbocycles. The summed E-state index contributed by atoms with van der Waals surface area (Å²) in [5.74, 6) is 0.142. The first-order chi connectivity index (χ1) is 20.8. The summed E-state index contributed by atoms with van der Waals surface area (Å²) in [5, 5.41) is 80.7. The molecule has 11 N–H and O–H groups in total. The fourth-order valence-corrected chi connectivity index (χ4v) is 5.79. The minimum Gasteiger partial charge on any atom is -0.394 e. The van der Waals surface area contributed by atoms with Gasteiger partial charge >= 0.3 is 7.82 Å². The molecule has 0 spiro atoms. The van der Waals surface area contributed by atoms with Gasteiger partial charge in [-0.15, -0.1) is 0 Å². The molecule has 14 atom stereocenters. The SMILES string of the molecule is Nc1ncnc2c1ncn2[C@H]1CC(O)[C@@H](COP(=O)(O)OC[C@H]2O[C@H](O)[C@H](O)[C@@H](O)[C@@H]2O[C@@H]2O[C@H](CO)[C@H](O)[C@H](O)[C@H]2O)O1. The van der Waals surface area contributed by atoms with E-state index in [0.29, 0.717) is 11.2 Å². The van der Waals surface area contributed by atoms with Crippen LogP contribution in [0.4, 0.5) is 5.82 Å². The fraction of sp³-hybridized carbons (Fsp3) is 0.773. The van der Waals surface area contributed by atoms with Crippen molar-refractivity contribution in [3.05, 3.63) is 12.7 Å². The normalized spacial score (nSPS) is 41.2. The Morgan fingerprint density at radius 3 is 2.30 bits per heavy atom. The van der Waals surface area contributed by atoms with Crippen LogP contribution in [0.5, 0.6) is 0 Å². The molecule has 3 aliphatic rings. The van der Waals surface area contributed by atoms with Crippen molar-refractivity contribution in [2.24, 2.45) is 0 Å². The number of phosphoric acid groups is 1. The first-order valence-corrected chi connectivity index (χ1v) is 14.8. The number of fused-ring (bicyclic) bond motifs is 1. The van der Waals surface area contributed by atoms with E-state index in [0.717, 1.165) is 0 Å². The van der Waals surface area contributed by atoms with Crippen LogP contribution in [0, 0.1) is 0 Å². The largest absolute Gasteiger partial charge is 0.472 e. The number of anilines is 1. The number of phosphoric ester groups is 1. The summed E-state index contributed by atoms with van der Waals surface area (Å²) in [6.07, 6.45) is -18.1. The van der Waals surface area contributed by atoms with Crippen LogP contribution in [-0.4, -0.2) is 159 Å². The van der Waals surface area contributed by atoms with E-state index >= 15 is 0 Å². The summed E-state index contributed by atoms with van der Waals surface area (Å²) in [5.41, 5.74) is 6.46. The first kappa shape index (κ1) is 33.3. The molecule has 0 aliphatic carbocycles. The van der Waals surface area contributed by atoms with Crippen molar-refractivity contribution >= 4 is 24.8 Å². The molecule has 21 nitrogen and oxygen atoms in total. The van der Waals surface area contributed by atoms with Gasteiger partial charge in [-0.05, 0) is 0 Å². The molecule has 22 heteroatoms. The third-order valence-corrected chi connectivity index (χ3v) is 8.46. The van der Waals surface area contributed by atoms with Crippen molar-refractivity contribution < 1.29 is 78.3 Å². The van der Waals surface area contributed by atoms with E-state index in [9.17, 15) is 50.3 Å². The van der Waals surface area contributed by atoms with E-state index in [4.69, 9.17) is 33.7 Å². The summed E-state index contributed by atoms with van der Waals surface area (Å²) in [6, 6.07) is 0. The topological polar surface area (TPSA) is 324 Å². The molecule has 2 unspecified atom stereocenters. The Morgan fingerprint density at radius 1 is 0.886 bits per heavy atom. The Labute approximate surface area is 247 Å². The fourth-order valence-electron chi connectivity index (χ4n) is 5.05. The van der Waals surface area contributed by atoms with Gasteiger partial charge in [-0.2, -0.15) is 0 Å². The number of aliphatic hydroxyl groups excluding tert-OH is 8. The summed E-state index contributed by atoms with van der Waals surface area (Å²) in [4.78, 5) is 22.4. The van der Waals surface area contributed by atoms with Gasteiger partial charge in [-0.25, -0.2) is 19.5 Å². The van der Waals surface area contributed by atoms with Crippen LogP contribution in [0.3, 0.4) is 0 Å². The van der Waals surface area contributed by atoms with Crippen molar-refractivity contribution in [1.29, 1.82) is 0 Å². The van der Waals surface area contributed by atoms with Crippen molar-refractivity contribution in [1.82, 2.24) is 19.5 Å². The Hall–Kier alpha value is -2.02. The standard InChI is InChI=1S/C22H34N5O16P/c23-19-12-20(25-5-24-19)27(6-26-12)11-1-7(29)9(40-11)3-38-44(36,37)39-4-10-18(15(32)16(33)21(35)41-10)43-22-17(34)14(31)13(30)8(2-28)42-22/h5-11,13-18,21-22,28-35H,1-4H2,(H,36,37)(H2,23,24,25)/t7?,8-,9-,10-,11-,13+,14+,15-,16-,17-,18-,21+,22+/m1/s1. The zero-order valence-electron chi connectivity index (χ0n) is 22.7. The molecule has 5 heterocycles. The predicted octanol–water partition coefficient (Wildman–Crippen LogP) is -5.19. The number of nitrogens with two attached hydrogens (primary N) is 1. The van der Waals surface area contributed by atoms with Gasteiger partial charge in [0, 0.05) is 6.42 Å². The van der Waals surface area contributed by atoms with E-state index in [1.54, 1.807) is 0 Å². The zero-order valence-corrected chi connectivity index (χ0v) is 23.6. The minimum absolute atomic E-state index is 0.0466. The van der Waals surface area contributed by atoms with Crippen LogP contribution in [0.25, 0.3) is 11.2 Å². The Balaban J connectivity index is 1.19. The van der Waals surface area contributed by atoms with E-state index in [-0.39, 0.29) is 12.2 Å².